The molecule has 25 heavy (non-hydrogen) atoms. The molecule has 1 atom stereocenters. The van der Waals surface area contributed by atoms with E-state index in [1.807, 2.05) is 0 Å². The number of carbonyl (C=O) groups excluding carboxylic acids is 3. The Morgan fingerprint density at radius 1 is 1.16 bits per heavy atom. The van der Waals surface area contributed by atoms with Gasteiger partial charge in [0.1, 0.15) is 6.04 Å². The maximum Gasteiger partial charge on any atom is 0.328 e. The first-order chi connectivity index (χ1) is 11.7. The zero-order chi connectivity index (χ0) is 19.0. The lowest BCUT2D eigenvalue weighted by atomic mass is 10.2. The standard InChI is InChI=1S/C16H22N2O6S/c1-4-24-16(21)11(2)18-15(20)9-10-17-25(22,23)14-7-5-13(6-8-14)12(3)19/h5-8,11,17H,4,9-10H2,1-3H3,(H,18,20). The molecule has 9 heteroatoms. The zero-order valence-corrected chi connectivity index (χ0v) is 15.2. The van der Waals surface area contributed by atoms with Crippen molar-refractivity contribution in [2.75, 3.05) is 13.2 Å². The predicted molar refractivity (Wildman–Crippen MR) is 90.5 cm³/mol. The summed E-state index contributed by atoms with van der Waals surface area (Å²) in [4.78, 5) is 34.3. The van der Waals surface area contributed by atoms with Crippen LogP contribution in [0.1, 0.15) is 37.6 Å². The van der Waals surface area contributed by atoms with Gasteiger partial charge in [0, 0.05) is 18.5 Å². The van der Waals surface area contributed by atoms with Crippen LogP contribution in [0, 0.1) is 0 Å². The summed E-state index contributed by atoms with van der Waals surface area (Å²) in [6, 6.07) is 4.68. The van der Waals surface area contributed by atoms with Crippen LogP contribution >= 0.6 is 0 Å². The van der Waals surface area contributed by atoms with Gasteiger partial charge in [0.05, 0.1) is 11.5 Å². The van der Waals surface area contributed by atoms with Gasteiger partial charge < -0.3 is 10.1 Å². The highest BCUT2D eigenvalue weighted by Gasteiger charge is 2.18. The third kappa shape index (κ3) is 6.63. The summed E-state index contributed by atoms with van der Waals surface area (Å²) in [5.41, 5.74) is 0.409. The number of Topliss-reactive ketones (excluding diaryl/α,β-unsaturated/α-hetero) is 1. The Balaban J connectivity index is 2.52. The van der Waals surface area contributed by atoms with E-state index in [1.165, 1.54) is 38.1 Å². The third-order valence-electron chi connectivity index (χ3n) is 3.23. The molecule has 1 aromatic rings. The van der Waals surface area contributed by atoms with E-state index in [1.54, 1.807) is 6.92 Å². The first-order valence-corrected chi connectivity index (χ1v) is 9.22. The second kappa shape index (κ2) is 9.28. The van der Waals surface area contributed by atoms with Crippen molar-refractivity contribution >= 4 is 27.7 Å². The Morgan fingerprint density at radius 2 is 1.76 bits per heavy atom. The minimum absolute atomic E-state index is 0.00204. The fourth-order valence-electron chi connectivity index (χ4n) is 1.89. The number of ether oxygens (including phenoxy) is 1. The number of amides is 1. The van der Waals surface area contributed by atoms with Gasteiger partial charge in [0.2, 0.25) is 15.9 Å². The average Bonchev–Trinajstić information content (AvgIpc) is 2.54. The van der Waals surface area contributed by atoms with Gasteiger partial charge in [-0.25, -0.2) is 17.9 Å². The van der Waals surface area contributed by atoms with Crippen LogP contribution in [-0.4, -0.2) is 45.3 Å². The molecule has 8 nitrogen and oxygen atoms in total. The van der Waals surface area contributed by atoms with Gasteiger partial charge in [-0.1, -0.05) is 12.1 Å². The number of esters is 1. The number of hydrogen-bond acceptors (Lipinski definition) is 6. The van der Waals surface area contributed by atoms with E-state index in [4.69, 9.17) is 4.74 Å². The number of benzene rings is 1. The Labute approximate surface area is 147 Å². The van der Waals surface area contributed by atoms with Crippen molar-refractivity contribution in [2.24, 2.45) is 0 Å². The van der Waals surface area contributed by atoms with Crippen LogP contribution in [0.3, 0.4) is 0 Å². The molecule has 0 aliphatic carbocycles. The second-order valence-electron chi connectivity index (χ2n) is 5.27. The molecule has 1 aromatic carbocycles. The molecule has 0 aliphatic heterocycles. The van der Waals surface area contributed by atoms with Crippen LogP contribution in [0.25, 0.3) is 0 Å². The Kier molecular flexibility index (Phi) is 7.72. The van der Waals surface area contributed by atoms with E-state index in [-0.39, 0.29) is 30.3 Å². The maximum atomic E-state index is 12.1. The number of hydrogen-bond donors (Lipinski definition) is 2. The number of ketones is 1. The van der Waals surface area contributed by atoms with Crippen molar-refractivity contribution in [3.8, 4) is 0 Å². The lowest BCUT2D eigenvalue weighted by Gasteiger charge is -2.13. The smallest absolute Gasteiger partial charge is 0.328 e. The van der Waals surface area contributed by atoms with Crippen molar-refractivity contribution in [1.82, 2.24) is 10.0 Å². The van der Waals surface area contributed by atoms with Crippen LogP contribution in [-0.2, 0) is 24.3 Å². The van der Waals surface area contributed by atoms with Gasteiger partial charge in [0.25, 0.3) is 0 Å². The van der Waals surface area contributed by atoms with Crippen LogP contribution in [0.2, 0.25) is 0 Å². The predicted octanol–water partition coefficient (Wildman–Crippen LogP) is 0.625. The van der Waals surface area contributed by atoms with E-state index < -0.39 is 27.9 Å². The van der Waals surface area contributed by atoms with Crippen molar-refractivity contribution in [3.05, 3.63) is 29.8 Å². The van der Waals surface area contributed by atoms with Crippen LogP contribution < -0.4 is 10.0 Å². The van der Waals surface area contributed by atoms with Gasteiger partial charge in [0.15, 0.2) is 5.78 Å². The van der Waals surface area contributed by atoms with Crippen molar-refractivity contribution in [3.63, 3.8) is 0 Å². The van der Waals surface area contributed by atoms with Crippen molar-refractivity contribution < 1.29 is 27.5 Å². The van der Waals surface area contributed by atoms with Crippen LogP contribution in [0.4, 0.5) is 0 Å². The molecular formula is C16H22N2O6S. The van der Waals surface area contributed by atoms with Gasteiger partial charge in [-0.15, -0.1) is 0 Å². The minimum Gasteiger partial charge on any atom is -0.464 e. The molecule has 0 heterocycles. The molecular weight excluding hydrogens is 348 g/mol. The van der Waals surface area contributed by atoms with E-state index in [0.29, 0.717) is 5.56 Å². The third-order valence-corrected chi connectivity index (χ3v) is 4.71. The van der Waals surface area contributed by atoms with Crippen LogP contribution in [0.15, 0.2) is 29.2 Å². The molecule has 0 fully saturated rings. The molecule has 1 amide bonds. The SMILES string of the molecule is CCOC(=O)C(C)NC(=O)CCNS(=O)(=O)c1ccc(C(C)=O)cc1. The number of sulfonamides is 1. The molecule has 0 aromatic heterocycles. The quantitative estimate of drug-likeness (QED) is 0.486. The van der Waals surface area contributed by atoms with E-state index in [2.05, 4.69) is 10.0 Å². The Hall–Kier alpha value is -2.26. The molecule has 0 saturated carbocycles. The Bertz CT molecular complexity index is 727. The summed E-state index contributed by atoms with van der Waals surface area (Å²) < 4.78 is 31.3. The number of nitrogens with one attached hydrogen (secondary N) is 2. The lowest BCUT2D eigenvalue weighted by molar-refractivity contribution is -0.146. The number of carbonyl (C=O) groups is 3. The first kappa shape index (κ1) is 20.8. The summed E-state index contributed by atoms with van der Waals surface area (Å²) >= 11 is 0. The first-order valence-electron chi connectivity index (χ1n) is 7.74. The summed E-state index contributed by atoms with van der Waals surface area (Å²) in [5, 5.41) is 2.42. The van der Waals surface area contributed by atoms with E-state index in [9.17, 15) is 22.8 Å². The molecule has 1 unspecified atom stereocenters. The van der Waals surface area contributed by atoms with Crippen molar-refractivity contribution in [1.29, 1.82) is 0 Å². The molecule has 1 rings (SSSR count). The maximum absolute atomic E-state index is 12.1. The highest BCUT2D eigenvalue weighted by molar-refractivity contribution is 7.89. The summed E-state index contributed by atoms with van der Waals surface area (Å²) in [7, 11) is -3.78. The monoisotopic (exact) mass is 370 g/mol. The molecule has 0 bridgehead atoms. The zero-order valence-electron chi connectivity index (χ0n) is 14.4. The lowest BCUT2D eigenvalue weighted by Crippen LogP contribution is -2.40. The summed E-state index contributed by atoms with van der Waals surface area (Å²) in [6.45, 7) is 4.61. The fourth-order valence-corrected chi connectivity index (χ4v) is 2.92. The Morgan fingerprint density at radius 3 is 2.28 bits per heavy atom. The molecule has 138 valence electrons. The summed E-state index contributed by atoms with van der Waals surface area (Å²) in [6.07, 6.45) is -0.130. The van der Waals surface area contributed by atoms with E-state index >= 15 is 0 Å². The molecule has 2 N–H and O–H groups in total. The van der Waals surface area contributed by atoms with Crippen LogP contribution in [0.5, 0.6) is 0 Å². The largest absolute Gasteiger partial charge is 0.464 e. The topological polar surface area (TPSA) is 119 Å². The molecule has 0 radical (unpaired) electrons. The molecule has 0 aliphatic rings. The minimum atomic E-state index is -3.78. The second-order valence-corrected chi connectivity index (χ2v) is 7.04. The van der Waals surface area contributed by atoms with E-state index in [0.717, 1.165) is 0 Å². The number of rotatable bonds is 9. The normalized spacial score (nSPS) is 12.3. The highest BCUT2D eigenvalue weighted by atomic mass is 32.2. The fraction of sp³-hybridized carbons (Fsp3) is 0.438. The molecule has 0 saturated heterocycles. The van der Waals surface area contributed by atoms with Gasteiger partial charge in [-0.2, -0.15) is 0 Å². The van der Waals surface area contributed by atoms with Gasteiger partial charge in [-0.05, 0) is 32.9 Å². The highest BCUT2D eigenvalue weighted by Crippen LogP contribution is 2.10. The average molecular weight is 370 g/mol. The molecule has 0 spiro atoms. The van der Waals surface area contributed by atoms with Crippen molar-refractivity contribution in [2.45, 2.75) is 38.1 Å². The van der Waals surface area contributed by atoms with Gasteiger partial charge >= 0.3 is 5.97 Å². The van der Waals surface area contributed by atoms with Gasteiger partial charge in [-0.3, -0.25) is 9.59 Å². The summed E-state index contributed by atoms with van der Waals surface area (Å²) in [5.74, 6) is -1.19.